The molecular formula is C16H17N3O6. The monoisotopic (exact) mass is 347 g/mol. The second kappa shape index (κ2) is 7.56. The number of aliphatic carboxylic acids is 1. The van der Waals surface area contributed by atoms with Crippen molar-refractivity contribution in [2.75, 3.05) is 18.9 Å². The van der Waals surface area contributed by atoms with Gasteiger partial charge in [-0.1, -0.05) is 6.07 Å². The molecule has 2 rings (SSSR count). The van der Waals surface area contributed by atoms with E-state index in [1.54, 1.807) is 0 Å². The van der Waals surface area contributed by atoms with E-state index < -0.39 is 30.4 Å². The summed E-state index contributed by atoms with van der Waals surface area (Å²) in [6.07, 6.45) is 0.443. The number of benzene rings is 1. The van der Waals surface area contributed by atoms with E-state index in [1.165, 1.54) is 25.2 Å². The van der Waals surface area contributed by atoms with E-state index in [0.29, 0.717) is 6.29 Å². The number of nitrogens with one attached hydrogen (secondary N) is 2. The largest absolute Gasteiger partial charge is 0.480 e. The topological polar surface area (TPSA) is 133 Å². The number of amides is 3. The predicted molar refractivity (Wildman–Crippen MR) is 86.2 cm³/mol. The number of anilines is 1. The van der Waals surface area contributed by atoms with Crippen molar-refractivity contribution >= 4 is 35.7 Å². The number of fused-ring (bicyclic) bond motifs is 1. The average Bonchev–Trinajstić information content (AvgIpc) is 2.85. The highest BCUT2D eigenvalue weighted by molar-refractivity contribution is 6.24. The van der Waals surface area contributed by atoms with Gasteiger partial charge in [0.1, 0.15) is 12.8 Å². The van der Waals surface area contributed by atoms with Crippen molar-refractivity contribution in [2.45, 2.75) is 18.9 Å². The molecule has 1 atom stereocenters. The minimum Gasteiger partial charge on any atom is -0.480 e. The Labute approximate surface area is 143 Å². The molecule has 0 bridgehead atoms. The summed E-state index contributed by atoms with van der Waals surface area (Å²) in [4.78, 5) is 59.4. The van der Waals surface area contributed by atoms with E-state index >= 15 is 0 Å². The SMILES string of the molecule is CNC(=O)CCC(C=O)N1C(=O)c2cccc(NCC(=O)O)c2C1=O. The second-order valence-electron chi connectivity index (χ2n) is 5.37. The summed E-state index contributed by atoms with van der Waals surface area (Å²) >= 11 is 0. The number of carbonyl (C=O) groups excluding carboxylic acids is 4. The van der Waals surface area contributed by atoms with Gasteiger partial charge in [-0.05, 0) is 18.6 Å². The van der Waals surface area contributed by atoms with Gasteiger partial charge in [-0.2, -0.15) is 0 Å². The highest BCUT2D eigenvalue weighted by Gasteiger charge is 2.41. The number of rotatable bonds is 8. The van der Waals surface area contributed by atoms with Crippen LogP contribution in [0.3, 0.4) is 0 Å². The molecule has 9 heteroatoms. The highest BCUT2D eigenvalue weighted by atomic mass is 16.4. The van der Waals surface area contributed by atoms with Crippen molar-refractivity contribution in [2.24, 2.45) is 0 Å². The molecule has 1 aromatic carbocycles. The van der Waals surface area contributed by atoms with Crippen molar-refractivity contribution in [1.82, 2.24) is 10.2 Å². The van der Waals surface area contributed by atoms with Crippen molar-refractivity contribution in [1.29, 1.82) is 0 Å². The number of aldehydes is 1. The van der Waals surface area contributed by atoms with Crippen LogP contribution in [0.4, 0.5) is 5.69 Å². The Morgan fingerprint density at radius 2 is 2.00 bits per heavy atom. The maximum absolute atomic E-state index is 12.6. The number of hydrogen-bond acceptors (Lipinski definition) is 6. The van der Waals surface area contributed by atoms with Gasteiger partial charge in [0.2, 0.25) is 5.91 Å². The molecule has 1 unspecified atom stereocenters. The van der Waals surface area contributed by atoms with Crippen LogP contribution in [0.25, 0.3) is 0 Å². The lowest BCUT2D eigenvalue weighted by Crippen LogP contribution is -2.41. The third-order valence-electron chi connectivity index (χ3n) is 3.81. The molecular weight excluding hydrogens is 330 g/mol. The molecule has 0 aromatic heterocycles. The molecule has 3 N–H and O–H groups in total. The maximum atomic E-state index is 12.6. The average molecular weight is 347 g/mol. The molecule has 1 aromatic rings. The first-order chi connectivity index (χ1) is 11.9. The van der Waals surface area contributed by atoms with Gasteiger partial charge in [0.25, 0.3) is 11.8 Å². The Bertz CT molecular complexity index is 745. The van der Waals surface area contributed by atoms with Gasteiger partial charge < -0.3 is 20.5 Å². The molecule has 1 heterocycles. The summed E-state index contributed by atoms with van der Waals surface area (Å²) in [5.41, 5.74) is 0.324. The number of imide groups is 1. The van der Waals surface area contributed by atoms with Crippen LogP contribution in [-0.4, -0.2) is 59.6 Å². The van der Waals surface area contributed by atoms with Crippen molar-refractivity contribution in [3.05, 3.63) is 29.3 Å². The predicted octanol–water partition coefficient (Wildman–Crippen LogP) is -0.127. The Morgan fingerprint density at radius 3 is 2.60 bits per heavy atom. The number of hydrogen-bond donors (Lipinski definition) is 3. The zero-order valence-electron chi connectivity index (χ0n) is 13.4. The third kappa shape index (κ3) is 3.65. The summed E-state index contributed by atoms with van der Waals surface area (Å²) in [7, 11) is 1.45. The van der Waals surface area contributed by atoms with E-state index in [1.807, 2.05) is 0 Å². The number of carbonyl (C=O) groups is 5. The Hall–Kier alpha value is -3.23. The highest BCUT2D eigenvalue weighted by Crippen LogP contribution is 2.31. The van der Waals surface area contributed by atoms with Crippen LogP contribution in [0, 0.1) is 0 Å². The summed E-state index contributed by atoms with van der Waals surface area (Å²) < 4.78 is 0. The number of carboxylic acid groups (broad SMARTS) is 1. The van der Waals surface area contributed by atoms with E-state index in [9.17, 15) is 24.0 Å². The van der Waals surface area contributed by atoms with E-state index in [4.69, 9.17) is 5.11 Å². The van der Waals surface area contributed by atoms with Crippen LogP contribution in [-0.2, 0) is 14.4 Å². The normalized spacial score (nSPS) is 14.0. The summed E-state index contributed by atoms with van der Waals surface area (Å²) in [5.74, 6) is -2.77. The lowest BCUT2D eigenvalue weighted by Gasteiger charge is -2.21. The van der Waals surface area contributed by atoms with Crippen LogP contribution >= 0.6 is 0 Å². The quantitative estimate of drug-likeness (QED) is 0.441. The molecule has 0 fully saturated rings. The minimum atomic E-state index is -1.12. The molecule has 1 aliphatic heterocycles. The van der Waals surface area contributed by atoms with Gasteiger partial charge in [-0.3, -0.25) is 24.1 Å². The van der Waals surface area contributed by atoms with Gasteiger partial charge >= 0.3 is 5.97 Å². The van der Waals surface area contributed by atoms with Crippen LogP contribution in [0.15, 0.2) is 18.2 Å². The first-order valence-electron chi connectivity index (χ1n) is 7.53. The lowest BCUT2D eigenvalue weighted by atomic mass is 10.1. The zero-order chi connectivity index (χ0) is 18.6. The minimum absolute atomic E-state index is 0.00648. The molecule has 0 saturated heterocycles. The molecule has 0 aliphatic carbocycles. The molecule has 3 amide bonds. The Kier molecular flexibility index (Phi) is 5.48. The Balaban J connectivity index is 2.28. The lowest BCUT2D eigenvalue weighted by molar-refractivity contribution is -0.135. The smallest absolute Gasteiger partial charge is 0.322 e. The van der Waals surface area contributed by atoms with Gasteiger partial charge in [0.05, 0.1) is 17.2 Å². The standard InChI is InChI=1S/C16H17N3O6/c1-17-12(21)6-5-9(8-20)19-15(24)10-3-2-4-11(14(10)16(19)25)18-7-13(22)23/h2-4,8-9,18H,5-7H2,1H3,(H,17,21)(H,22,23). The summed E-state index contributed by atoms with van der Waals surface area (Å²) in [6.45, 7) is -0.425. The number of nitrogens with zero attached hydrogens (tertiary/aromatic N) is 1. The van der Waals surface area contributed by atoms with Gasteiger partial charge in [-0.15, -0.1) is 0 Å². The number of carboxylic acids is 1. The molecule has 9 nitrogen and oxygen atoms in total. The van der Waals surface area contributed by atoms with Crippen LogP contribution in [0.1, 0.15) is 33.6 Å². The zero-order valence-corrected chi connectivity index (χ0v) is 13.4. The molecule has 132 valence electrons. The molecule has 25 heavy (non-hydrogen) atoms. The molecule has 0 saturated carbocycles. The summed E-state index contributed by atoms with van der Waals surface area (Å²) in [5, 5.41) is 13.7. The fourth-order valence-corrected chi connectivity index (χ4v) is 2.58. The van der Waals surface area contributed by atoms with Gasteiger partial charge in [-0.25, -0.2) is 0 Å². The van der Waals surface area contributed by atoms with Crippen molar-refractivity contribution < 1.29 is 29.1 Å². The second-order valence-corrected chi connectivity index (χ2v) is 5.37. The van der Waals surface area contributed by atoms with Crippen LogP contribution in [0.2, 0.25) is 0 Å². The molecule has 0 spiro atoms. The third-order valence-corrected chi connectivity index (χ3v) is 3.81. The van der Waals surface area contributed by atoms with E-state index in [-0.39, 0.29) is 35.6 Å². The van der Waals surface area contributed by atoms with Crippen molar-refractivity contribution in [3.8, 4) is 0 Å². The van der Waals surface area contributed by atoms with Crippen molar-refractivity contribution in [3.63, 3.8) is 0 Å². The van der Waals surface area contributed by atoms with Crippen LogP contribution in [0.5, 0.6) is 0 Å². The van der Waals surface area contributed by atoms with Gasteiger partial charge in [0.15, 0.2) is 0 Å². The van der Waals surface area contributed by atoms with E-state index in [2.05, 4.69) is 10.6 Å². The van der Waals surface area contributed by atoms with Crippen LogP contribution < -0.4 is 10.6 Å². The first-order valence-corrected chi connectivity index (χ1v) is 7.53. The fraction of sp³-hybridized carbons (Fsp3) is 0.312. The molecule has 0 radical (unpaired) electrons. The fourth-order valence-electron chi connectivity index (χ4n) is 2.58. The van der Waals surface area contributed by atoms with E-state index in [0.717, 1.165) is 4.90 Å². The Morgan fingerprint density at radius 1 is 1.28 bits per heavy atom. The summed E-state index contributed by atoms with van der Waals surface area (Å²) in [6, 6.07) is 3.36. The maximum Gasteiger partial charge on any atom is 0.322 e. The first kappa shape index (κ1) is 18.1. The van der Waals surface area contributed by atoms with Gasteiger partial charge in [0, 0.05) is 19.2 Å². The molecule has 1 aliphatic rings.